The molecule has 3 rings (SSSR count). The van der Waals surface area contributed by atoms with Crippen molar-refractivity contribution in [1.82, 2.24) is 4.57 Å². The quantitative estimate of drug-likeness (QED) is 0.569. The lowest BCUT2D eigenvalue weighted by molar-refractivity contribution is -0.382. The molecule has 0 atom stereocenters. The Kier molecular flexibility index (Phi) is 4.30. The average Bonchev–Trinajstić information content (AvgIpc) is 3.38. The number of carboxylic acids is 2. The van der Waals surface area contributed by atoms with Gasteiger partial charge < -0.3 is 19.7 Å². The van der Waals surface area contributed by atoms with Gasteiger partial charge in [0.15, 0.2) is 11.5 Å². The van der Waals surface area contributed by atoms with E-state index in [0.717, 1.165) is 17.2 Å². The lowest BCUT2D eigenvalue weighted by atomic mass is 10.1. The number of pyridine rings is 1. The normalized spacial score (nSPS) is 13.6. The first-order valence-corrected chi connectivity index (χ1v) is 7.85. The molecule has 1 aromatic carbocycles. The first kappa shape index (κ1) is 18.3. The van der Waals surface area contributed by atoms with E-state index in [1.54, 1.807) is 0 Å². The zero-order valence-corrected chi connectivity index (χ0v) is 14.0. The van der Waals surface area contributed by atoms with Crippen LogP contribution in [0.15, 0.2) is 17.1 Å². The van der Waals surface area contributed by atoms with Crippen LogP contribution < -0.4 is 10.3 Å². The zero-order valence-electron chi connectivity index (χ0n) is 14.0. The number of nitro benzene ring substituents is 1. The number of carboxylic acid groups (broad SMARTS) is 2. The second-order valence-corrected chi connectivity index (χ2v) is 6.27. The third-order valence-electron chi connectivity index (χ3n) is 4.32. The van der Waals surface area contributed by atoms with Gasteiger partial charge in [0.25, 0.3) is 0 Å². The molecule has 2 aromatic rings. The van der Waals surface area contributed by atoms with Gasteiger partial charge in [-0.1, -0.05) is 0 Å². The Morgan fingerprint density at radius 3 is 2.52 bits per heavy atom. The number of likely N-dealkylation sites (N-methyl/N-ethyl adjacent to an activating group) is 1. The van der Waals surface area contributed by atoms with Crippen molar-refractivity contribution in [2.75, 3.05) is 18.5 Å². The summed E-state index contributed by atoms with van der Waals surface area (Å²) in [5.74, 6) is -4.03. The van der Waals surface area contributed by atoms with Crippen molar-refractivity contribution in [2.45, 2.75) is 18.9 Å². The van der Waals surface area contributed by atoms with Crippen LogP contribution >= 0.6 is 0 Å². The summed E-state index contributed by atoms with van der Waals surface area (Å²) in [5.41, 5.74) is -3.22. The smallest absolute Gasteiger partial charge is 0.341 e. The summed E-state index contributed by atoms with van der Waals surface area (Å²) in [6, 6.07) is 0.469. The van der Waals surface area contributed by atoms with E-state index in [2.05, 4.69) is 0 Å². The van der Waals surface area contributed by atoms with Gasteiger partial charge in [0.1, 0.15) is 17.6 Å². The first-order valence-electron chi connectivity index (χ1n) is 7.85. The molecule has 142 valence electrons. The van der Waals surface area contributed by atoms with Crippen molar-refractivity contribution in [3.63, 3.8) is 0 Å². The molecule has 11 heteroatoms. The Balaban J connectivity index is 2.47. The van der Waals surface area contributed by atoms with Gasteiger partial charge in [0, 0.05) is 19.3 Å². The molecule has 1 heterocycles. The molecule has 0 unspecified atom stereocenters. The summed E-state index contributed by atoms with van der Waals surface area (Å²) in [6.45, 7) is -0.704. The molecule has 1 fully saturated rings. The Morgan fingerprint density at radius 1 is 1.41 bits per heavy atom. The van der Waals surface area contributed by atoms with Crippen molar-refractivity contribution in [3.8, 4) is 0 Å². The second-order valence-electron chi connectivity index (χ2n) is 6.27. The van der Waals surface area contributed by atoms with E-state index in [4.69, 9.17) is 5.11 Å². The number of fused-ring (bicyclic) bond motifs is 1. The van der Waals surface area contributed by atoms with E-state index in [1.807, 2.05) is 0 Å². The van der Waals surface area contributed by atoms with Crippen LogP contribution in [0.5, 0.6) is 0 Å². The van der Waals surface area contributed by atoms with Crippen LogP contribution in [0.2, 0.25) is 0 Å². The lowest BCUT2D eigenvalue weighted by Crippen LogP contribution is -2.28. The number of halogens is 1. The number of aromatic nitrogens is 1. The number of hydrogen-bond acceptors (Lipinski definition) is 6. The Bertz CT molecular complexity index is 1060. The Hall–Kier alpha value is -3.50. The van der Waals surface area contributed by atoms with E-state index >= 15 is 0 Å². The highest BCUT2D eigenvalue weighted by molar-refractivity contribution is 5.99. The first-order chi connectivity index (χ1) is 12.6. The van der Waals surface area contributed by atoms with Gasteiger partial charge in [0.05, 0.1) is 10.3 Å². The predicted octanol–water partition coefficient (Wildman–Crippen LogP) is 1.60. The van der Waals surface area contributed by atoms with Crippen molar-refractivity contribution in [1.29, 1.82) is 0 Å². The minimum absolute atomic E-state index is 0.217. The largest absolute Gasteiger partial charge is 0.480 e. The molecule has 1 aromatic heterocycles. The molecule has 0 bridgehead atoms. The molecule has 0 aliphatic heterocycles. The predicted molar refractivity (Wildman–Crippen MR) is 91.0 cm³/mol. The molecule has 1 saturated carbocycles. The van der Waals surface area contributed by atoms with Crippen LogP contribution in [0.1, 0.15) is 29.2 Å². The van der Waals surface area contributed by atoms with E-state index in [-0.39, 0.29) is 11.6 Å². The Morgan fingerprint density at radius 2 is 2.04 bits per heavy atom. The van der Waals surface area contributed by atoms with Gasteiger partial charge in [-0.3, -0.25) is 19.7 Å². The lowest BCUT2D eigenvalue weighted by Gasteiger charge is -2.20. The number of nitro groups is 1. The molecule has 0 saturated heterocycles. The van der Waals surface area contributed by atoms with E-state index in [9.17, 15) is 34.0 Å². The number of carbonyl (C=O) groups is 2. The van der Waals surface area contributed by atoms with Crippen molar-refractivity contribution >= 4 is 34.2 Å². The number of hydrogen-bond donors (Lipinski definition) is 2. The number of rotatable bonds is 6. The SMILES string of the molecule is CN(CC(=O)O)c1c(F)cc2c(=O)c(C(=O)O)cn(C3CC3)c2c1[N+](=O)[O-]. The molecule has 0 spiro atoms. The number of aromatic carboxylic acids is 1. The number of aliphatic carboxylic acids is 1. The van der Waals surface area contributed by atoms with Crippen molar-refractivity contribution < 1.29 is 29.1 Å². The number of benzene rings is 1. The highest BCUT2D eigenvalue weighted by Crippen LogP contribution is 2.43. The summed E-state index contributed by atoms with van der Waals surface area (Å²) < 4.78 is 16.0. The maximum absolute atomic E-state index is 14.7. The van der Waals surface area contributed by atoms with Crippen molar-refractivity contribution in [3.05, 3.63) is 44.0 Å². The molecule has 27 heavy (non-hydrogen) atoms. The van der Waals surface area contributed by atoms with E-state index < -0.39 is 57.0 Å². The van der Waals surface area contributed by atoms with Crippen LogP contribution in [0.25, 0.3) is 10.9 Å². The average molecular weight is 379 g/mol. The molecule has 2 N–H and O–H groups in total. The standard InChI is InChI=1S/C16H14FN3O7/c1-18(6-11(21)22)13-10(17)4-8-12(14(13)20(26)27)19(7-2-3-7)5-9(15(8)23)16(24)25/h4-5,7H,2-3,6H2,1H3,(H,21,22)(H,24,25). The second kappa shape index (κ2) is 6.34. The van der Waals surface area contributed by atoms with Gasteiger partial charge in [-0.2, -0.15) is 0 Å². The third-order valence-corrected chi connectivity index (χ3v) is 4.32. The van der Waals surface area contributed by atoms with Gasteiger partial charge in [-0.15, -0.1) is 0 Å². The van der Waals surface area contributed by atoms with Crippen LogP contribution in [0.4, 0.5) is 15.8 Å². The van der Waals surface area contributed by atoms with E-state index in [1.165, 1.54) is 11.6 Å². The molecule has 10 nitrogen and oxygen atoms in total. The van der Waals surface area contributed by atoms with Crippen LogP contribution in [0, 0.1) is 15.9 Å². The highest BCUT2D eigenvalue weighted by atomic mass is 19.1. The molecular weight excluding hydrogens is 365 g/mol. The summed E-state index contributed by atoms with van der Waals surface area (Å²) in [7, 11) is 1.18. The third kappa shape index (κ3) is 3.07. The molecule has 0 radical (unpaired) electrons. The number of nitrogens with zero attached hydrogens (tertiary/aromatic N) is 3. The van der Waals surface area contributed by atoms with Crippen LogP contribution in [-0.4, -0.2) is 45.2 Å². The van der Waals surface area contributed by atoms with Gasteiger partial charge >= 0.3 is 17.6 Å². The molecule has 0 amide bonds. The van der Waals surface area contributed by atoms with Crippen LogP contribution in [-0.2, 0) is 4.79 Å². The summed E-state index contributed by atoms with van der Waals surface area (Å²) >= 11 is 0. The van der Waals surface area contributed by atoms with Gasteiger partial charge in [0.2, 0.25) is 5.43 Å². The maximum Gasteiger partial charge on any atom is 0.341 e. The fourth-order valence-corrected chi connectivity index (χ4v) is 3.07. The zero-order chi connectivity index (χ0) is 20.0. The van der Waals surface area contributed by atoms with Gasteiger partial charge in [-0.05, 0) is 18.9 Å². The van der Waals surface area contributed by atoms with Crippen molar-refractivity contribution in [2.24, 2.45) is 0 Å². The summed E-state index contributed by atoms with van der Waals surface area (Å²) in [5, 5.41) is 29.5. The monoisotopic (exact) mass is 379 g/mol. The topological polar surface area (TPSA) is 143 Å². The molecule has 1 aliphatic carbocycles. The minimum Gasteiger partial charge on any atom is -0.480 e. The molecule has 1 aliphatic rings. The minimum atomic E-state index is -1.52. The maximum atomic E-state index is 14.7. The molecular formula is C16H14FN3O7. The fourth-order valence-electron chi connectivity index (χ4n) is 3.07. The fraction of sp³-hybridized carbons (Fsp3) is 0.312. The van der Waals surface area contributed by atoms with Crippen LogP contribution in [0.3, 0.4) is 0 Å². The Labute approximate surface area is 150 Å². The highest BCUT2D eigenvalue weighted by Gasteiger charge is 2.34. The summed E-state index contributed by atoms with van der Waals surface area (Å²) in [4.78, 5) is 46.5. The van der Waals surface area contributed by atoms with E-state index in [0.29, 0.717) is 12.8 Å². The van der Waals surface area contributed by atoms with Gasteiger partial charge in [-0.25, -0.2) is 9.18 Å². The summed E-state index contributed by atoms with van der Waals surface area (Å²) in [6.07, 6.45) is 2.26. The number of anilines is 1.